The van der Waals surface area contributed by atoms with E-state index < -0.39 is 4.92 Å². The molecule has 0 aliphatic carbocycles. The minimum Gasteiger partial charge on any atom is -0.380 e. The van der Waals surface area contributed by atoms with Crippen LogP contribution in [0, 0.1) is 13.7 Å². The average molecular weight is 410 g/mol. The number of aromatic nitrogens is 1. The zero-order chi connectivity index (χ0) is 12.6. The van der Waals surface area contributed by atoms with Gasteiger partial charge in [-0.05, 0) is 28.7 Å². The van der Waals surface area contributed by atoms with Crippen LogP contribution in [0.3, 0.4) is 0 Å². The molecule has 0 aliphatic rings. The summed E-state index contributed by atoms with van der Waals surface area (Å²) in [6, 6.07) is 4.53. The van der Waals surface area contributed by atoms with Crippen LogP contribution in [0.5, 0.6) is 0 Å². The van der Waals surface area contributed by atoms with Gasteiger partial charge in [0.1, 0.15) is 3.57 Å². The molecule has 0 saturated carbocycles. The molecule has 0 unspecified atom stereocenters. The molecule has 0 bridgehead atoms. The molecule has 6 nitrogen and oxygen atoms in total. The second kappa shape index (κ2) is 4.61. The number of rotatable bonds is 2. The van der Waals surface area contributed by atoms with Crippen molar-refractivity contribution in [1.29, 1.82) is 0 Å². The molecule has 8 heteroatoms. The van der Waals surface area contributed by atoms with Gasteiger partial charge in [-0.2, -0.15) is 0 Å². The molecule has 17 heavy (non-hydrogen) atoms. The van der Waals surface area contributed by atoms with E-state index in [1.54, 1.807) is 6.07 Å². The summed E-state index contributed by atoms with van der Waals surface area (Å²) < 4.78 is 6.27. The summed E-state index contributed by atoms with van der Waals surface area (Å²) in [5, 5.41) is 14.3. The highest BCUT2D eigenvalue weighted by Crippen LogP contribution is 2.33. The second-order valence-corrected chi connectivity index (χ2v) is 5.16. The van der Waals surface area contributed by atoms with Crippen molar-refractivity contribution >= 4 is 50.0 Å². The lowest BCUT2D eigenvalue weighted by molar-refractivity contribution is -0.384. The van der Waals surface area contributed by atoms with E-state index in [1.165, 1.54) is 12.1 Å². The zero-order valence-electron chi connectivity index (χ0n) is 8.18. The van der Waals surface area contributed by atoms with Gasteiger partial charge in [0.2, 0.25) is 0 Å². The fraction of sp³-hybridized carbons (Fsp3) is 0. The predicted octanol–water partition coefficient (Wildman–Crippen LogP) is 3.20. The fourth-order valence-electron chi connectivity index (χ4n) is 1.28. The summed E-state index contributed by atoms with van der Waals surface area (Å²) in [6.45, 7) is 0. The number of nitrogens with two attached hydrogens (primary N) is 1. The Morgan fingerprint density at radius 3 is 2.71 bits per heavy atom. The first-order valence-electron chi connectivity index (χ1n) is 4.35. The van der Waals surface area contributed by atoms with Gasteiger partial charge < -0.3 is 10.3 Å². The smallest absolute Gasteiger partial charge is 0.271 e. The Morgan fingerprint density at radius 1 is 1.47 bits per heavy atom. The molecule has 1 heterocycles. The quantitative estimate of drug-likeness (QED) is 0.466. The first-order valence-corrected chi connectivity index (χ1v) is 6.22. The summed E-state index contributed by atoms with van der Waals surface area (Å²) in [5.74, 6) is 0.690. The highest BCUT2D eigenvalue weighted by molar-refractivity contribution is 14.1. The van der Waals surface area contributed by atoms with E-state index in [2.05, 4.69) is 21.1 Å². The van der Waals surface area contributed by atoms with E-state index in [0.29, 0.717) is 19.4 Å². The third-order valence-corrected chi connectivity index (χ3v) is 3.52. The molecule has 2 aromatic rings. The number of non-ortho nitro benzene ring substituents is 1. The number of nitro groups is 1. The lowest BCUT2D eigenvalue weighted by atomic mass is 10.1. The van der Waals surface area contributed by atoms with Crippen molar-refractivity contribution in [3.63, 3.8) is 0 Å². The van der Waals surface area contributed by atoms with Gasteiger partial charge >= 0.3 is 0 Å². The van der Waals surface area contributed by atoms with E-state index in [1.807, 2.05) is 22.6 Å². The molecule has 0 spiro atoms. The summed E-state index contributed by atoms with van der Waals surface area (Å²) >= 11 is 5.19. The van der Waals surface area contributed by atoms with E-state index in [4.69, 9.17) is 10.3 Å². The van der Waals surface area contributed by atoms with Crippen molar-refractivity contribution in [3.05, 3.63) is 36.4 Å². The Balaban J connectivity index is 2.60. The van der Waals surface area contributed by atoms with Crippen molar-refractivity contribution in [2.24, 2.45) is 0 Å². The maximum atomic E-state index is 10.7. The molecule has 0 radical (unpaired) electrons. The van der Waals surface area contributed by atoms with Gasteiger partial charge in [0, 0.05) is 22.2 Å². The summed E-state index contributed by atoms with van der Waals surface area (Å²) in [5.41, 5.74) is 6.08. The normalized spacial score (nSPS) is 10.5. The minimum atomic E-state index is -0.471. The lowest BCUT2D eigenvalue weighted by Gasteiger charge is -1.99. The highest BCUT2D eigenvalue weighted by Gasteiger charge is 2.17. The van der Waals surface area contributed by atoms with Crippen LogP contribution in [-0.4, -0.2) is 10.1 Å². The maximum absolute atomic E-state index is 10.7. The number of anilines is 1. The molecule has 2 rings (SSSR count). The van der Waals surface area contributed by atoms with E-state index in [0.717, 1.165) is 0 Å². The third kappa shape index (κ3) is 2.41. The molecule has 1 aromatic heterocycles. The van der Waals surface area contributed by atoms with Crippen molar-refractivity contribution in [2.75, 3.05) is 5.73 Å². The molecule has 0 fully saturated rings. The number of hydrogen-bond acceptors (Lipinski definition) is 5. The lowest BCUT2D eigenvalue weighted by Crippen LogP contribution is -1.90. The Hall–Kier alpha value is -1.16. The molecule has 88 valence electrons. The number of nitrogen functional groups attached to an aromatic ring is 1. The molecule has 0 amide bonds. The topological polar surface area (TPSA) is 95.2 Å². The highest BCUT2D eigenvalue weighted by atomic mass is 127. The molecule has 2 N–H and O–H groups in total. The standard InChI is InChI=1S/C9H5BrIN3O3/c10-5-1-4(2-6(3-5)14(15)16)8-7(11)9(12)13-17-8/h1-3H,(H2,12,13). The number of halogens is 2. The first-order chi connectivity index (χ1) is 7.99. The number of hydrogen-bond donors (Lipinski definition) is 1. The van der Waals surface area contributed by atoms with Crippen molar-refractivity contribution in [3.8, 4) is 11.3 Å². The zero-order valence-corrected chi connectivity index (χ0v) is 11.9. The van der Waals surface area contributed by atoms with Gasteiger partial charge in [-0.15, -0.1) is 0 Å². The molecule has 0 atom stereocenters. The number of nitro benzene ring substituents is 1. The first kappa shape index (κ1) is 12.3. The number of benzene rings is 1. The van der Waals surface area contributed by atoms with Gasteiger partial charge in [-0.25, -0.2) is 0 Å². The van der Waals surface area contributed by atoms with Crippen molar-refractivity contribution < 1.29 is 9.45 Å². The Labute approximate surface area is 118 Å². The Kier molecular flexibility index (Phi) is 3.33. The van der Waals surface area contributed by atoms with E-state index >= 15 is 0 Å². The minimum absolute atomic E-state index is 0.0276. The summed E-state index contributed by atoms with van der Waals surface area (Å²) in [6.07, 6.45) is 0. The van der Waals surface area contributed by atoms with Gasteiger partial charge in [0.05, 0.1) is 4.92 Å². The van der Waals surface area contributed by atoms with Crippen LogP contribution in [0.1, 0.15) is 0 Å². The van der Waals surface area contributed by atoms with Crippen molar-refractivity contribution in [1.82, 2.24) is 5.16 Å². The van der Waals surface area contributed by atoms with E-state index in [9.17, 15) is 10.1 Å². The maximum Gasteiger partial charge on any atom is 0.271 e. The fourth-order valence-corrected chi connectivity index (χ4v) is 2.27. The number of nitrogens with zero attached hydrogens (tertiary/aromatic N) is 2. The van der Waals surface area contributed by atoms with Crippen LogP contribution in [-0.2, 0) is 0 Å². The van der Waals surface area contributed by atoms with Crippen LogP contribution in [0.2, 0.25) is 0 Å². The monoisotopic (exact) mass is 409 g/mol. The molecular formula is C9H5BrIN3O3. The van der Waals surface area contributed by atoms with Gasteiger partial charge in [-0.3, -0.25) is 10.1 Å². The molecule has 0 aliphatic heterocycles. The predicted molar refractivity (Wildman–Crippen MR) is 73.4 cm³/mol. The second-order valence-electron chi connectivity index (χ2n) is 3.17. The molecule has 1 aromatic carbocycles. The Morgan fingerprint density at radius 2 is 2.18 bits per heavy atom. The van der Waals surface area contributed by atoms with Crippen LogP contribution in [0.4, 0.5) is 11.5 Å². The van der Waals surface area contributed by atoms with Gasteiger partial charge in [0.15, 0.2) is 11.6 Å². The largest absolute Gasteiger partial charge is 0.380 e. The third-order valence-electron chi connectivity index (χ3n) is 2.02. The van der Waals surface area contributed by atoms with E-state index in [-0.39, 0.29) is 11.5 Å². The molecule has 0 saturated heterocycles. The summed E-state index contributed by atoms with van der Waals surface area (Å²) in [4.78, 5) is 10.3. The van der Waals surface area contributed by atoms with Crippen LogP contribution in [0.15, 0.2) is 27.2 Å². The van der Waals surface area contributed by atoms with Crippen LogP contribution >= 0.6 is 38.5 Å². The van der Waals surface area contributed by atoms with Gasteiger partial charge in [0.25, 0.3) is 5.69 Å². The average Bonchev–Trinajstić information content (AvgIpc) is 2.59. The SMILES string of the molecule is Nc1noc(-c2cc(Br)cc([N+](=O)[O-])c2)c1I. The van der Waals surface area contributed by atoms with Crippen molar-refractivity contribution in [2.45, 2.75) is 0 Å². The van der Waals surface area contributed by atoms with Crippen LogP contribution < -0.4 is 5.73 Å². The van der Waals surface area contributed by atoms with Crippen LogP contribution in [0.25, 0.3) is 11.3 Å². The van der Waals surface area contributed by atoms with Gasteiger partial charge in [-0.1, -0.05) is 21.1 Å². The summed E-state index contributed by atoms with van der Waals surface area (Å²) in [7, 11) is 0. The Bertz CT molecular complexity index is 599. The molecular weight excluding hydrogens is 405 g/mol.